The van der Waals surface area contributed by atoms with E-state index in [2.05, 4.69) is 22.9 Å². The summed E-state index contributed by atoms with van der Waals surface area (Å²) < 4.78 is 2.26. The standard InChI is InChI=1S/C22H27N3O/c1-3-4-5-11-16-25-20-15-10-9-14-19(20)24-21(25)17(2)23-22(26)18-12-7-6-8-13-18/h6-10,12-15,17H,3-5,11,16H2,1-2H3,(H,23,26). The van der Waals surface area contributed by atoms with Crippen LogP contribution >= 0.6 is 0 Å². The van der Waals surface area contributed by atoms with Crippen molar-refractivity contribution in [2.45, 2.75) is 52.1 Å². The highest BCUT2D eigenvalue weighted by Crippen LogP contribution is 2.22. The largest absolute Gasteiger partial charge is 0.342 e. The third kappa shape index (κ3) is 4.13. The second-order valence-electron chi connectivity index (χ2n) is 6.73. The number of carbonyl (C=O) groups excluding carboxylic acids is 1. The predicted molar refractivity (Wildman–Crippen MR) is 106 cm³/mol. The number of para-hydroxylation sites is 2. The number of hydrogen-bond acceptors (Lipinski definition) is 2. The fraction of sp³-hybridized carbons (Fsp3) is 0.364. The Morgan fingerprint density at radius 3 is 2.54 bits per heavy atom. The van der Waals surface area contributed by atoms with Crippen molar-refractivity contribution in [3.63, 3.8) is 0 Å². The third-order valence-corrected chi connectivity index (χ3v) is 4.69. The van der Waals surface area contributed by atoms with Crippen LogP contribution in [0.5, 0.6) is 0 Å². The number of aryl methyl sites for hydroxylation is 1. The van der Waals surface area contributed by atoms with Crippen molar-refractivity contribution in [3.8, 4) is 0 Å². The van der Waals surface area contributed by atoms with Gasteiger partial charge >= 0.3 is 0 Å². The van der Waals surface area contributed by atoms with Crippen LogP contribution < -0.4 is 5.32 Å². The van der Waals surface area contributed by atoms with Crippen LogP contribution in [0, 0.1) is 0 Å². The number of hydrogen-bond donors (Lipinski definition) is 1. The minimum atomic E-state index is -0.152. The van der Waals surface area contributed by atoms with E-state index in [0.29, 0.717) is 5.56 Å². The molecule has 26 heavy (non-hydrogen) atoms. The van der Waals surface area contributed by atoms with Crippen molar-refractivity contribution in [2.75, 3.05) is 0 Å². The molecule has 0 bridgehead atoms. The lowest BCUT2D eigenvalue weighted by atomic mass is 10.2. The Labute approximate surface area is 155 Å². The molecule has 0 aliphatic carbocycles. The van der Waals surface area contributed by atoms with Crippen LogP contribution in [0.4, 0.5) is 0 Å². The Morgan fingerprint density at radius 2 is 1.77 bits per heavy atom. The highest BCUT2D eigenvalue weighted by molar-refractivity contribution is 5.94. The summed E-state index contributed by atoms with van der Waals surface area (Å²) in [5.74, 6) is 0.856. The Kier molecular flexibility index (Phi) is 6.05. The number of fused-ring (bicyclic) bond motifs is 1. The highest BCUT2D eigenvalue weighted by atomic mass is 16.1. The minimum Gasteiger partial charge on any atom is -0.342 e. The van der Waals surface area contributed by atoms with Crippen LogP contribution in [0.2, 0.25) is 0 Å². The Hall–Kier alpha value is -2.62. The van der Waals surface area contributed by atoms with Gasteiger partial charge in [-0.1, -0.05) is 56.5 Å². The first-order chi connectivity index (χ1) is 12.7. The molecule has 0 aliphatic heterocycles. The molecule has 0 spiro atoms. The first-order valence-electron chi connectivity index (χ1n) is 9.51. The molecule has 2 aromatic carbocycles. The normalized spacial score (nSPS) is 12.2. The lowest BCUT2D eigenvalue weighted by molar-refractivity contribution is 0.0937. The molecule has 1 aromatic heterocycles. The predicted octanol–water partition coefficient (Wildman–Crippen LogP) is 5.11. The van der Waals surface area contributed by atoms with Crippen LogP contribution in [-0.4, -0.2) is 15.5 Å². The van der Waals surface area contributed by atoms with Crippen molar-refractivity contribution in [1.82, 2.24) is 14.9 Å². The molecule has 4 nitrogen and oxygen atoms in total. The molecular formula is C22H27N3O. The number of nitrogens with one attached hydrogen (secondary N) is 1. The molecule has 0 fully saturated rings. The van der Waals surface area contributed by atoms with Crippen LogP contribution in [-0.2, 0) is 6.54 Å². The van der Waals surface area contributed by atoms with E-state index in [1.807, 2.05) is 55.5 Å². The second-order valence-corrected chi connectivity index (χ2v) is 6.73. The quantitative estimate of drug-likeness (QED) is 0.575. The molecule has 1 atom stereocenters. The van der Waals surface area contributed by atoms with E-state index >= 15 is 0 Å². The van der Waals surface area contributed by atoms with Crippen molar-refractivity contribution in [2.24, 2.45) is 0 Å². The van der Waals surface area contributed by atoms with Gasteiger partial charge in [0.25, 0.3) is 5.91 Å². The second kappa shape index (κ2) is 8.65. The van der Waals surface area contributed by atoms with Gasteiger partial charge in [-0.25, -0.2) is 4.98 Å². The van der Waals surface area contributed by atoms with E-state index in [4.69, 9.17) is 4.98 Å². The topological polar surface area (TPSA) is 46.9 Å². The summed E-state index contributed by atoms with van der Waals surface area (Å²) in [6, 6.07) is 17.4. The summed E-state index contributed by atoms with van der Waals surface area (Å²) in [4.78, 5) is 17.3. The Balaban J connectivity index is 1.82. The zero-order valence-electron chi connectivity index (χ0n) is 15.6. The molecule has 0 saturated carbocycles. The van der Waals surface area contributed by atoms with E-state index in [9.17, 15) is 4.79 Å². The summed E-state index contributed by atoms with van der Waals surface area (Å²) in [6.07, 6.45) is 4.82. The summed E-state index contributed by atoms with van der Waals surface area (Å²) in [6.45, 7) is 5.16. The summed E-state index contributed by atoms with van der Waals surface area (Å²) in [5, 5.41) is 3.09. The average molecular weight is 349 g/mol. The van der Waals surface area contributed by atoms with E-state index in [1.165, 1.54) is 19.3 Å². The molecule has 1 unspecified atom stereocenters. The van der Waals surface area contributed by atoms with Crippen molar-refractivity contribution >= 4 is 16.9 Å². The van der Waals surface area contributed by atoms with Gasteiger partial charge in [-0.2, -0.15) is 0 Å². The van der Waals surface area contributed by atoms with Crippen molar-refractivity contribution < 1.29 is 4.79 Å². The van der Waals surface area contributed by atoms with Gasteiger partial charge in [0.1, 0.15) is 5.82 Å². The number of carbonyl (C=O) groups is 1. The number of rotatable bonds is 8. The van der Waals surface area contributed by atoms with E-state index in [-0.39, 0.29) is 11.9 Å². The molecule has 0 aliphatic rings. The zero-order valence-corrected chi connectivity index (χ0v) is 15.6. The monoisotopic (exact) mass is 349 g/mol. The van der Waals surface area contributed by atoms with E-state index in [0.717, 1.165) is 29.8 Å². The summed E-state index contributed by atoms with van der Waals surface area (Å²) >= 11 is 0. The molecule has 1 heterocycles. The van der Waals surface area contributed by atoms with E-state index in [1.54, 1.807) is 0 Å². The number of aromatic nitrogens is 2. The number of amides is 1. The SMILES string of the molecule is CCCCCCn1c(C(C)NC(=O)c2ccccc2)nc2ccccc21. The molecule has 3 rings (SSSR count). The number of imidazole rings is 1. The first-order valence-corrected chi connectivity index (χ1v) is 9.51. The maximum atomic E-state index is 12.5. The van der Waals surface area contributed by atoms with Gasteiger partial charge in [0.05, 0.1) is 17.1 Å². The number of nitrogens with zero attached hydrogens (tertiary/aromatic N) is 2. The van der Waals surface area contributed by atoms with Gasteiger partial charge in [0.2, 0.25) is 0 Å². The van der Waals surface area contributed by atoms with Gasteiger partial charge in [-0.05, 0) is 37.6 Å². The smallest absolute Gasteiger partial charge is 0.251 e. The summed E-state index contributed by atoms with van der Waals surface area (Å²) in [5.41, 5.74) is 2.79. The lowest BCUT2D eigenvalue weighted by Crippen LogP contribution is -2.28. The number of unbranched alkanes of at least 4 members (excludes halogenated alkanes) is 3. The lowest BCUT2D eigenvalue weighted by Gasteiger charge is -2.16. The van der Waals surface area contributed by atoms with Crippen molar-refractivity contribution in [1.29, 1.82) is 0 Å². The Bertz CT molecular complexity index is 854. The molecule has 4 heteroatoms. The van der Waals surface area contributed by atoms with Crippen LogP contribution in [0.15, 0.2) is 54.6 Å². The molecule has 0 radical (unpaired) electrons. The molecule has 0 saturated heterocycles. The maximum absolute atomic E-state index is 12.5. The first kappa shape index (κ1) is 18.2. The van der Waals surface area contributed by atoms with Gasteiger partial charge in [-0.15, -0.1) is 0 Å². The van der Waals surface area contributed by atoms with Gasteiger partial charge in [0.15, 0.2) is 0 Å². The molecule has 1 amide bonds. The molecular weight excluding hydrogens is 322 g/mol. The fourth-order valence-corrected chi connectivity index (χ4v) is 3.29. The van der Waals surface area contributed by atoms with Crippen LogP contribution in [0.25, 0.3) is 11.0 Å². The molecule has 136 valence electrons. The van der Waals surface area contributed by atoms with Gasteiger partial charge in [0, 0.05) is 12.1 Å². The van der Waals surface area contributed by atoms with Gasteiger partial charge < -0.3 is 9.88 Å². The van der Waals surface area contributed by atoms with E-state index < -0.39 is 0 Å². The maximum Gasteiger partial charge on any atom is 0.251 e. The third-order valence-electron chi connectivity index (χ3n) is 4.69. The van der Waals surface area contributed by atoms with Gasteiger partial charge in [-0.3, -0.25) is 4.79 Å². The Morgan fingerprint density at radius 1 is 1.04 bits per heavy atom. The van der Waals surface area contributed by atoms with Crippen molar-refractivity contribution in [3.05, 3.63) is 66.0 Å². The van der Waals surface area contributed by atoms with Crippen LogP contribution in [0.3, 0.4) is 0 Å². The fourth-order valence-electron chi connectivity index (χ4n) is 3.29. The highest BCUT2D eigenvalue weighted by Gasteiger charge is 2.18. The average Bonchev–Trinajstić information content (AvgIpc) is 3.05. The molecule has 1 N–H and O–H groups in total. The minimum absolute atomic E-state index is 0.0670. The molecule has 3 aromatic rings. The van der Waals surface area contributed by atoms with Crippen LogP contribution in [0.1, 0.15) is 61.8 Å². The zero-order chi connectivity index (χ0) is 18.4. The number of benzene rings is 2. The summed E-state index contributed by atoms with van der Waals surface area (Å²) in [7, 11) is 0.